The van der Waals surface area contributed by atoms with Gasteiger partial charge >= 0.3 is 431 Å². The predicted molar refractivity (Wildman–Crippen MR) is 275 cm³/mol. The number of pyridine rings is 2. The molecule has 0 radical (unpaired) electrons. The number of hydrogen-bond acceptors (Lipinski definition) is 14. The Labute approximate surface area is 427 Å². The molecule has 0 aliphatic heterocycles. The third kappa shape index (κ3) is 11.1. The van der Waals surface area contributed by atoms with E-state index < -0.39 is 68.9 Å². The van der Waals surface area contributed by atoms with Crippen LogP contribution >= 0.6 is 0 Å². The first-order chi connectivity index (χ1) is 34.6. The van der Waals surface area contributed by atoms with Gasteiger partial charge in [0.1, 0.15) is 0 Å². The van der Waals surface area contributed by atoms with Crippen molar-refractivity contribution in [2.45, 2.75) is 0 Å². The number of hydrogen-bond donors (Lipinski definition) is 0. The second kappa shape index (κ2) is 23.3. The Morgan fingerprint density at radius 1 is 0.324 bits per heavy atom. The number of rotatable bonds is 20. The molecule has 366 valence electrons. The van der Waals surface area contributed by atoms with Crippen LogP contribution in [0.1, 0.15) is 20.7 Å². The zero-order valence-corrected chi connectivity index (χ0v) is 46.5. The van der Waals surface area contributed by atoms with Gasteiger partial charge in [0.2, 0.25) is 0 Å². The van der Waals surface area contributed by atoms with E-state index in [1.54, 1.807) is 128 Å². The van der Waals surface area contributed by atoms with Crippen molar-refractivity contribution in [3.05, 3.63) is 206 Å². The summed E-state index contributed by atoms with van der Waals surface area (Å²) in [5, 5.41) is 0. The van der Waals surface area contributed by atoms with E-state index in [0.29, 0.717) is 56.2 Å². The summed E-state index contributed by atoms with van der Waals surface area (Å²) >= 11 is -16.6. The summed E-state index contributed by atoms with van der Waals surface area (Å²) in [6.07, 6.45) is 6.05. The topological polar surface area (TPSA) is 152 Å². The average Bonchev–Trinajstić information content (AvgIpc) is 3.45. The number of carbonyl (C=O) groups is 2. The van der Waals surface area contributed by atoms with Crippen LogP contribution in [-0.2, 0) is 9.13 Å². The number of ether oxygens (including phenoxy) is 6. The predicted octanol–water partition coefficient (Wildman–Crippen LogP) is 5.35. The van der Waals surface area contributed by atoms with Crippen LogP contribution in [-0.4, -0.2) is 122 Å². The Morgan fingerprint density at radius 3 is 0.746 bits per heavy atom. The number of nitrogens with zero attached hydrogens (tertiary/aromatic N) is 2. The standard InChI is InChI=1S/C54H50N2O12Te3/c1-59-41-11-23-47(24-12-41)69(48-25-13-42(60-2)14-26-48,65-53(57)39-9-7-35-55-37-39)67-71(51-31-19-45(63-5)20-32-51,52-33-21-46(64-6)22-34-52)68-70(49-27-15-43(61-3)16-28-49,50-29-17-44(62-4)18-30-50)66-54(58)40-10-8-36-56-38-40/h7-38H,1-6H3. The number of aromatic nitrogens is 2. The molecule has 0 atom stereocenters. The van der Waals surface area contributed by atoms with Crippen molar-refractivity contribution < 1.29 is 47.1 Å². The van der Waals surface area contributed by atoms with Gasteiger partial charge in [-0.25, -0.2) is 0 Å². The van der Waals surface area contributed by atoms with Gasteiger partial charge < -0.3 is 0 Å². The Bertz CT molecular complexity index is 2710. The monoisotopic (exact) mass is 1310 g/mol. The maximum absolute atomic E-state index is 15.0. The molecule has 8 aromatic rings. The summed E-state index contributed by atoms with van der Waals surface area (Å²) in [6.45, 7) is 0. The van der Waals surface area contributed by atoms with Gasteiger partial charge in [-0.2, -0.15) is 0 Å². The molecule has 0 bridgehead atoms. The minimum atomic E-state index is -5.63. The molecular weight excluding hydrogens is 1250 g/mol. The van der Waals surface area contributed by atoms with Crippen LogP contribution in [0.5, 0.6) is 34.5 Å². The van der Waals surface area contributed by atoms with Crippen molar-refractivity contribution >= 4 is 90.6 Å². The van der Waals surface area contributed by atoms with E-state index in [-0.39, 0.29) is 11.1 Å². The number of carbonyl (C=O) groups excluding carboxylic acids is 2. The zero-order valence-electron chi connectivity index (χ0n) is 39.5. The Morgan fingerprint density at radius 2 is 0.549 bits per heavy atom. The molecule has 6 aromatic carbocycles. The molecule has 71 heavy (non-hydrogen) atoms. The van der Waals surface area contributed by atoms with Crippen molar-refractivity contribution in [2.75, 3.05) is 42.7 Å². The van der Waals surface area contributed by atoms with Gasteiger partial charge in [0.05, 0.1) is 0 Å². The minimum absolute atomic E-state index is 0.191. The second-order valence-electron chi connectivity index (χ2n) is 14.9. The van der Waals surface area contributed by atoms with Crippen LogP contribution in [0.15, 0.2) is 195 Å². The van der Waals surface area contributed by atoms with Gasteiger partial charge in [0.15, 0.2) is 0 Å². The quantitative estimate of drug-likeness (QED) is 0.0903. The van der Waals surface area contributed by atoms with E-state index in [2.05, 4.69) is 9.97 Å². The van der Waals surface area contributed by atoms with Gasteiger partial charge in [-0.1, -0.05) is 0 Å². The van der Waals surface area contributed by atoms with E-state index in [1.807, 2.05) is 97.1 Å². The summed E-state index contributed by atoms with van der Waals surface area (Å²) in [7, 11) is 9.46. The molecule has 17 heteroatoms. The molecule has 0 N–H and O–H groups in total. The Balaban J connectivity index is 1.54. The molecule has 8 rings (SSSR count). The fourth-order valence-corrected chi connectivity index (χ4v) is 51.0. The Kier molecular flexibility index (Phi) is 16.7. The van der Waals surface area contributed by atoms with Crippen LogP contribution in [0.2, 0.25) is 0 Å². The summed E-state index contributed by atoms with van der Waals surface area (Å²) in [5.74, 6) is 1.98. The van der Waals surface area contributed by atoms with Crippen LogP contribution in [0.3, 0.4) is 0 Å². The van der Waals surface area contributed by atoms with Gasteiger partial charge in [-0.05, 0) is 0 Å². The van der Waals surface area contributed by atoms with Gasteiger partial charge in [0, 0.05) is 0 Å². The third-order valence-electron chi connectivity index (χ3n) is 10.8. The first kappa shape index (κ1) is 51.0. The first-order valence-electron chi connectivity index (χ1n) is 21.7. The summed E-state index contributed by atoms with van der Waals surface area (Å²) < 4.78 is 68.7. The molecule has 0 saturated carbocycles. The SMILES string of the molecule is COc1ccc([Te](OC(=O)c2cccnc2)(O[Te](O[Te](OC(=O)c2cccnc2)(c2ccc(OC)cc2)c2ccc(OC)cc2)(c2ccc(OC)cc2)c2ccc(OC)cc2)c2ccc(OC)cc2)cc1. The summed E-state index contributed by atoms with van der Waals surface area (Å²) in [5.41, 5.74) is 0.382. The molecule has 0 aliphatic rings. The summed E-state index contributed by atoms with van der Waals surface area (Å²) in [4.78, 5) is 38.6. The van der Waals surface area contributed by atoms with E-state index >= 15 is 9.59 Å². The van der Waals surface area contributed by atoms with E-state index in [1.165, 1.54) is 12.4 Å². The number of methoxy groups -OCH3 is 6. The average molecular weight is 1300 g/mol. The molecule has 0 saturated heterocycles. The normalized spacial score (nSPS) is 12.1. The maximum atomic E-state index is 15.0. The molecule has 0 amide bonds. The molecule has 0 aliphatic carbocycles. The fraction of sp³-hybridized carbons (Fsp3) is 0.111. The first-order valence-corrected chi connectivity index (χ1v) is 34.4. The van der Waals surface area contributed by atoms with E-state index in [4.69, 9.17) is 37.6 Å². The Hall–Kier alpha value is -6.35. The van der Waals surface area contributed by atoms with Crippen LogP contribution in [0.25, 0.3) is 0 Å². The molecular formula is C54H50N2O12Te3. The zero-order chi connectivity index (χ0) is 49.9. The molecule has 2 aromatic heterocycles. The second-order valence-corrected chi connectivity index (χ2v) is 38.6. The molecule has 2 heterocycles. The molecule has 0 fully saturated rings. The van der Waals surface area contributed by atoms with Crippen molar-refractivity contribution in [1.82, 2.24) is 9.97 Å². The fourth-order valence-electron chi connectivity index (χ4n) is 7.03. The molecule has 0 spiro atoms. The third-order valence-corrected chi connectivity index (χ3v) is 45.1. The van der Waals surface area contributed by atoms with E-state index in [0.717, 1.165) is 0 Å². The molecule has 14 nitrogen and oxygen atoms in total. The summed E-state index contributed by atoms with van der Waals surface area (Å²) in [6, 6.07) is 50.6. The van der Waals surface area contributed by atoms with Crippen molar-refractivity contribution in [1.29, 1.82) is 0 Å². The van der Waals surface area contributed by atoms with Crippen molar-refractivity contribution in [3.63, 3.8) is 0 Å². The van der Waals surface area contributed by atoms with Crippen molar-refractivity contribution in [3.8, 4) is 34.5 Å². The van der Waals surface area contributed by atoms with Crippen LogP contribution in [0, 0.1) is 0 Å². The van der Waals surface area contributed by atoms with Gasteiger partial charge in [-0.3, -0.25) is 0 Å². The van der Waals surface area contributed by atoms with E-state index in [9.17, 15) is 0 Å². The van der Waals surface area contributed by atoms with Crippen LogP contribution < -0.4 is 50.1 Å². The van der Waals surface area contributed by atoms with Crippen LogP contribution in [0.4, 0.5) is 0 Å². The van der Waals surface area contributed by atoms with Crippen molar-refractivity contribution in [2.24, 2.45) is 0 Å². The van der Waals surface area contributed by atoms with Gasteiger partial charge in [0.25, 0.3) is 0 Å². The van der Waals surface area contributed by atoms with Gasteiger partial charge in [-0.15, -0.1) is 0 Å². The number of benzene rings is 6. The molecule has 0 unspecified atom stereocenters.